The minimum atomic E-state index is 0.818. The molecule has 0 aliphatic carbocycles. The van der Waals surface area contributed by atoms with Crippen LogP contribution in [0, 0.1) is 0 Å². The van der Waals surface area contributed by atoms with E-state index in [0.717, 1.165) is 40.0 Å². The largest absolute Gasteiger partial charge is 0.497 e. The van der Waals surface area contributed by atoms with Crippen molar-refractivity contribution in [1.82, 2.24) is 14.5 Å². The molecule has 1 N–H and O–H groups in total. The van der Waals surface area contributed by atoms with Crippen LogP contribution in [0.2, 0.25) is 0 Å². The number of aromatic nitrogens is 3. The van der Waals surface area contributed by atoms with Crippen molar-refractivity contribution in [2.45, 2.75) is 13.5 Å². The first-order valence-electron chi connectivity index (χ1n) is 7.81. The lowest BCUT2D eigenvalue weighted by Gasteiger charge is -2.05. The highest BCUT2D eigenvalue weighted by Gasteiger charge is 2.14. The summed E-state index contributed by atoms with van der Waals surface area (Å²) in [5.41, 5.74) is 4.29. The SMILES string of the molecule is COc1ccc2c(c1)c(-c1cc3cccnc3[nH]1)cn2CC(C)=P. The molecule has 0 unspecified atom stereocenters. The summed E-state index contributed by atoms with van der Waals surface area (Å²) in [4.78, 5) is 7.82. The van der Waals surface area contributed by atoms with Gasteiger partial charge in [0.05, 0.1) is 7.11 Å². The Morgan fingerprint density at radius 3 is 2.92 bits per heavy atom. The number of fused-ring (bicyclic) bond motifs is 2. The Morgan fingerprint density at radius 1 is 1.29 bits per heavy atom. The van der Waals surface area contributed by atoms with Gasteiger partial charge in [-0.2, -0.15) is 0 Å². The number of methoxy groups -OCH3 is 1. The molecular weight excluding hydrogens is 317 g/mol. The van der Waals surface area contributed by atoms with Gasteiger partial charge >= 0.3 is 0 Å². The van der Waals surface area contributed by atoms with Crippen LogP contribution in [0.4, 0.5) is 0 Å². The molecule has 0 atom stereocenters. The number of nitrogens with zero attached hydrogens (tertiary/aromatic N) is 2. The van der Waals surface area contributed by atoms with Crippen molar-refractivity contribution in [1.29, 1.82) is 0 Å². The van der Waals surface area contributed by atoms with Crippen LogP contribution in [0.1, 0.15) is 6.92 Å². The van der Waals surface area contributed by atoms with Gasteiger partial charge in [-0.05, 0) is 48.6 Å². The molecule has 0 aliphatic heterocycles. The number of pyridine rings is 1. The maximum Gasteiger partial charge on any atom is 0.137 e. The molecule has 1 aromatic carbocycles. The van der Waals surface area contributed by atoms with Gasteiger partial charge in [0.15, 0.2) is 0 Å². The predicted octanol–water partition coefficient (Wildman–Crippen LogP) is 4.53. The Kier molecular flexibility index (Phi) is 3.62. The van der Waals surface area contributed by atoms with Gasteiger partial charge in [0.2, 0.25) is 0 Å². The number of ether oxygens (including phenoxy) is 1. The zero-order valence-corrected chi connectivity index (χ0v) is 14.6. The summed E-state index contributed by atoms with van der Waals surface area (Å²) in [6, 6.07) is 12.4. The van der Waals surface area contributed by atoms with Gasteiger partial charge in [-0.1, -0.05) is 0 Å². The third-order valence-corrected chi connectivity index (χ3v) is 4.34. The number of nitrogens with one attached hydrogen (secondary N) is 1. The third kappa shape index (κ3) is 2.49. The molecule has 0 fully saturated rings. The number of benzene rings is 1. The molecule has 0 radical (unpaired) electrons. The molecule has 4 aromatic rings. The standard InChI is InChI=1S/C19H18N3OP/c1-12(24)10-22-11-16(15-9-14(23-2)5-6-18(15)22)17-8-13-4-3-7-20-19(13)21-17/h3-9,11,24H,10H2,1-2H3,(H,20,21). The molecule has 0 bridgehead atoms. The highest BCUT2D eigenvalue weighted by atomic mass is 31.0. The van der Waals surface area contributed by atoms with Crippen molar-refractivity contribution < 1.29 is 4.74 Å². The molecule has 5 heteroatoms. The van der Waals surface area contributed by atoms with E-state index in [-0.39, 0.29) is 0 Å². The van der Waals surface area contributed by atoms with E-state index in [0.29, 0.717) is 0 Å². The van der Waals surface area contributed by atoms with E-state index >= 15 is 0 Å². The quantitative estimate of drug-likeness (QED) is 0.557. The molecule has 3 aromatic heterocycles. The van der Waals surface area contributed by atoms with Gasteiger partial charge in [0.25, 0.3) is 0 Å². The first-order valence-corrected chi connectivity index (χ1v) is 8.31. The summed E-state index contributed by atoms with van der Waals surface area (Å²) < 4.78 is 7.66. The van der Waals surface area contributed by atoms with Gasteiger partial charge in [0.1, 0.15) is 11.4 Å². The van der Waals surface area contributed by atoms with Crippen molar-refractivity contribution in [3.05, 3.63) is 48.8 Å². The van der Waals surface area contributed by atoms with Crippen LogP contribution in [0.3, 0.4) is 0 Å². The molecular formula is C19H18N3OP. The molecule has 0 amide bonds. The van der Waals surface area contributed by atoms with E-state index in [1.165, 1.54) is 10.8 Å². The van der Waals surface area contributed by atoms with Crippen LogP contribution < -0.4 is 4.74 Å². The predicted molar refractivity (Wildman–Crippen MR) is 103 cm³/mol. The van der Waals surface area contributed by atoms with Crippen molar-refractivity contribution >= 4 is 36.1 Å². The molecule has 24 heavy (non-hydrogen) atoms. The van der Waals surface area contributed by atoms with Crippen LogP contribution in [0.25, 0.3) is 33.2 Å². The first kappa shape index (κ1) is 15.0. The smallest absolute Gasteiger partial charge is 0.137 e. The summed E-state index contributed by atoms with van der Waals surface area (Å²) >= 11 is 0. The second-order valence-corrected chi connectivity index (χ2v) is 6.81. The highest BCUT2D eigenvalue weighted by Crippen LogP contribution is 2.34. The maximum absolute atomic E-state index is 5.42. The second kappa shape index (κ2) is 5.81. The molecule has 120 valence electrons. The van der Waals surface area contributed by atoms with Crippen molar-refractivity contribution in [2.24, 2.45) is 0 Å². The third-order valence-electron chi connectivity index (χ3n) is 4.18. The Bertz CT molecular complexity index is 1030. The monoisotopic (exact) mass is 335 g/mol. The molecule has 3 heterocycles. The van der Waals surface area contributed by atoms with E-state index in [9.17, 15) is 0 Å². The molecule has 0 saturated heterocycles. The van der Waals surface area contributed by atoms with Crippen molar-refractivity contribution in [2.75, 3.05) is 7.11 Å². The van der Waals surface area contributed by atoms with Crippen LogP contribution in [0.5, 0.6) is 5.75 Å². The number of hydrogen-bond donors (Lipinski definition) is 1. The summed E-state index contributed by atoms with van der Waals surface area (Å²) in [6.45, 7) is 2.89. The lowest BCUT2D eigenvalue weighted by molar-refractivity contribution is 0.415. The average Bonchev–Trinajstić information content (AvgIpc) is 3.15. The van der Waals surface area contributed by atoms with Gasteiger partial charge in [-0.3, -0.25) is 0 Å². The molecule has 0 spiro atoms. The van der Waals surface area contributed by atoms with E-state index in [1.54, 1.807) is 13.3 Å². The van der Waals surface area contributed by atoms with Crippen LogP contribution in [0.15, 0.2) is 48.8 Å². The first-order chi connectivity index (χ1) is 11.7. The zero-order chi connectivity index (χ0) is 16.7. The molecule has 0 aliphatic rings. The van der Waals surface area contributed by atoms with E-state index in [2.05, 4.69) is 60.8 Å². The Morgan fingerprint density at radius 2 is 2.17 bits per heavy atom. The molecule has 4 rings (SSSR count). The van der Waals surface area contributed by atoms with Crippen LogP contribution in [-0.2, 0) is 6.54 Å². The normalized spacial score (nSPS) is 11.2. The second-order valence-electron chi connectivity index (χ2n) is 5.96. The van der Waals surface area contributed by atoms with Gasteiger partial charge in [0, 0.05) is 46.5 Å². The number of aromatic amines is 1. The van der Waals surface area contributed by atoms with Crippen molar-refractivity contribution in [3.8, 4) is 17.0 Å². The summed E-state index contributed by atoms with van der Waals surface area (Å²) in [5.74, 6) is 0.856. The van der Waals surface area contributed by atoms with Gasteiger partial charge in [-0.15, -0.1) is 8.86 Å². The van der Waals surface area contributed by atoms with Crippen LogP contribution in [-0.4, -0.2) is 26.9 Å². The fraction of sp³-hybridized carbons (Fsp3) is 0.158. The topological polar surface area (TPSA) is 42.8 Å². The Labute approximate surface area is 142 Å². The zero-order valence-electron chi connectivity index (χ0n) is 13.6. The number of hydrogen-bond acceptors (Lipinski definition) is 2. The molecule has 0 saturated carbocycles. The summed E-state index contributed by atoms with van der Waals surface area (Å²) in [5, 5.41) is 3.44. The highest BCUT2D eigenvalue weighted by molar-refractivity contribution is 7.20. The van der Waals surface area contributed by atoms with E-state index in [1.807, 2.05) is 12.1 Å². The fourth-order valence-corrected chi connectivity index (χ4v) is 3.28. The van der Waals surface area contributed by atoms with E-state index in [4.69, 9.17) is 4.74 Å². The minimum absolute atomic E-state index is 0.818. The number of H-pyrrole nitrogens is 1. The van der Waals surface area contributed by atoms with E-state index < -0.39 is 0 Å². The number of rotatable bonds is 4. The Balaban J connectivity index is 1.97. The molecule has 4 nitrogen and oxygen atoms in total. The lowest BCUT2D eigenvalue weighted by Crippen LogP contribution is -2.02. The van der Waals surface area contributed by atoms with Gasteiger partial charge in [-0.25, -0.2) is 4.98 Å². The lowest BCUT2D eigenvalue weighted by atomic mass is 10.1. The fourth-order valence-electron chi connectivity index (χ4n) is 3.11. The average molecular weight is 335 g/mol. The van der Waals surface area contributed by atoms with Crippen molar-refractivity contribution in [3.63, 3.8) is 0 Å². The summed E-state index contributed by atoms with van der Waals surface area (Å²) in [7, 11) is 5.32. The summed E-state index contributed by atoms with van der Waals surface area (Å²) in [6.07, 6.45) is 3.98. The minimum Gasteiger partial charge on any atom is -0.497 e. The van der Waals surface area contributed by atoms with Crippen LogP contribution >= 0.6 is 8.86 Å². The van der Waals surface area contributed by atoms with Gasteiger partial charge < -0.3 is 14.3 Å². The maximum atomic E-state index is 5.42. The Hall–Kier alpha value is -2.58.